The van der Waals surface area contributed by atoms with E-state index in [1.807, 2.05) is 6.07 Å². The summed E-state index contributed by atoms with van der Waals surface area (Å²) >= 11 is 0. The van der Waals surface area contributed by atoms with Crippen LogP contribution in [0, 0.1) is 12.8 Å². The van der Waals surface area contributed by atoms with E-state index in [2.05, 4.69) is 46.8 Å². The third-order valence-corrected chi connectivity index (χ3v) is 6.20. The van der Waals surface area contributed by atoms with Crippen molar-refractivity contribution < 1.29 is 13.2 Å². The monoisotopic (exact) mass is 558 g/mol. The van der Waals surface area contributed by atoms with Gasteiger partial charge in [0, 0.05) is 32.7 Å². The first-order valence-electron chi connectivity index (χ1n) is 10.1. The molecule has 0 bridgehead atoms. The number of nitrogens with two attached hydrogens (primary N) is 1. The molecule has 4 N–H and O–H groups in total. The summed E-state index contributed by atoms with van der Waals surface area (Å²) in [6.07, 6.45) is 2.19. The van der Waals surface area contributed by atoms with E-state index in [1.165, 1.54) is 17.2 Å². The number of nitrogens with zero attached hydrogens (tertiary/aromatic N) is 1. The fraction of sp³-hybridized carbons (Fsp3) is 0.409. The van der Waals surface area contributed by atoms with Crippen LogP contribution >= 0.6 is 24.0 Å². The molecule has 1 heterocycles. The average molecular weight is 558 g/mol. The molecule has 170 valence electrons. The number of rotatable bonds is 6. The first-order valence-corrected chi connectivity index (χ1v) is 11.7. The minimum Gasteiger partial charge on any atom is -0.373 e. The summed E-state index contributed by atoms with van der Waals surface area (Å²) in [5.41, 5.74) is 3.25. The number of benzene rings is 2. The van der Waals surface area contributed by atoms with Gasteiger partial charge in [0.2, 0.25) is 10.0 Å². The third-order valence-electron chi connectivity index (χ3n) is 5.29. The molecule has 2 unspecified atom stereocenters. The lowest BCUT2D eigenvalue weighted by atomic mass is 9.89. The maximum absolute atomic E-state index is 11.5. The molecule has 0 aliphatic carbocycles. The smallest absolute Gasteiger partial charge is 0.238 e. The predicted molar refractivity (Wildman–Crippen MR) is 134 cm³/mol. The molecule has 0 amide bonds. The summed E-state index contributed by atoms with van der Waals surface area (Å²) in [6, 6.07) is 15.1. The molecule has 1 fully saturated rings. The fourth-order valence-electron chi connectivity index (χ4n) is 3.64. The van der Waals surface area contributed by atoms with Crippen LogP contribution in [-0.4, -0.2) is 34.6 Å². The zero-order valence-electron chi connectivity index (χ0n) is 17.9. The normalized spacial score (nSPS) is 19.4. The van der Waals surface area contributed by atoms with Gasteiger partial charge in [-0.05, 0) is 43.0 Å². The number of aliphatic imine (C=N–C) groups is 1. The number of hydrogen-bond acceptors (Lipinski definition) is 4. The largest absolute Gasteiger partial charge is 0.373 e. The van der Waals surface area contributed by atoms with Crippen molar-refractivity contribution in [3.63, 3.8) is 0 Å². The van der Waals surface area contributed by atoms with Gasteiger partial charge in [0.15, 0.2) is 5.96 Å². The first kappa shape index (κ1) is 25.6. The molecule has 0 aromatic heterocycles. The SMILES string of the molecule is CN=C(NCc1cccc(S(N)(=O)=O)c1)NCC1CCCOC1c1ccc(C)cc1.I. The van der Waals surface area contributed by atoms with Crippen molar-refractivity contribution in [1.29, 1.82) is 0 Å². The van der Waals surface area contributed by atoms with E-state index in [1.54, 1.807) is 19.2 Å². The number of nitrogens with one attached hydrogen (secondary N) is 2. The summed E-state index contributed by atoms with van der Waals surface area (Å²) in [6.45, 7) is 4.03. The second-order valence-corrected chi connectivity index (χ2v) is 9.16. The highest BCUT2D eigenvalue weighted by Gasteiger charge is 2.27. The van der Waals surface area contributed by atoms with Gasteiger partial charge in [0.25, 0.3) is 0 Å². The minimum atomic E-state index is -3.72. The molecule has 3 rings (SSSR count). The average Bonchev–Trinajstić information content (AvgIpc) is 2.74. The van der Waals surface area contributed by atoms with E-state index in [0.717, 1.165) is 31.6 Å². The Kier molecular flexibility index (Phi) is 9.73. The van der Waals surface area contributed by atoms with Gasteiger partial charge in [0.1, 0.15) is 0 Å². The van der Waals surface area contributed by atoms with Crippen molar-refractivity contribution in [3.8, 4) is 0 Å². The standard InChI is InChI=1S/C22H30N4O3S.HI/c1-16-8-10-18(11-9-16)21-19(6-4-12-29-21)15-26-22(24-2)25-14-17-5-3-7-20(13-17)30(23,27)28;/h3,5,7-11,13,19,21H,4,6,12,14-15H2,1-2H3,(H2,23,27,28)(H2,24,25,26);1H. The Hall–Kier alpha value is -1.69. The second kappa shape index (κ2) is 11.8. The van der Waals surface area contributed by atoms with Gasteiger partial charge in [-0.2, -0.15) is 0 Å². The molecular formula is C22H31IN4O3S. The van der Waals surface area contributed by atoms with Crippen LogP contribution in [0.15, 0.2) is 58.4 Å². The second-order valence-electron chi connectivity index (χ2n) is 7.60. The zero-order valence-corrected chi connectivity index (χ0v) is 21.0. The van der Waals surface area contributed by atoms with Crippen LogP contribution in [0.3, 0.4) is 0 Å². The Morgan fingerprint density at radius 2 is 1.94 bits per heavy atom. The van der Waals surface area contributed by atoms with Crippen molar-refractivity contribution in [2.24, 2.45) is 16.0 Å². The van der Waals surface area contributed by atoms with Gasteiger partial charge in [0.05, 0.1) is 11.0 Å². The number of guanidine groups is 1. The Morgan fingerprint density at radius 1 is 1.19 bits per heavy atom. The molecule has 0 radical (unpaired) electrons. The van der Waals surface area contributed by atoms with Crippen molar-refractivity contribution in [3.05, 3.63) is 65.2 Å². The number of hydrogen-bond donors (Lipinski definition) is 3. The van der Waals surface area contributed by atoms with Crippen LogP contribution in [0.4, 0.5) is 0 Å². The number of aryl methyl sites for hydroxylation is 1. The predicted octanol–water partition coefficient (Wildman–Crippen LogP) is 3.09. The highest BCUT2D eigenvalue weighted by molar-refractivity contribution is 14.0. The lowest BCUT2D eigenvalue weighted by Gasteiger charge is -2.32. The lowest BCUT2D eigenvalue weighted by Crippen LogP contribution is -2.41. The van der Waals surface area contributed by atoms with Crippen LogP contribution in [0.2, 0.25) is 0 Å². The molecule has 2 aromatic carbocycles. The van der Waals surface area contributed by atoms with Crippen molar-refractivity contribution in [1.82, 2.24) is 10.6 Å². The van der Waals surface area contributed by atoms with Crippen LogP contribution in [0.5, 0.6) is 0 Å². The number of sulfonamides is 1. The van der Waals surface area contributed by atoms with Crippen molar-refractivity contribution in [2.75, 3.05) is 20.2 Å². The van der Waals surface area contributed by atoms with Gasteiger partial charge in [-0.25, -0.2) is 13.6 Å². The summed E-state index contributed by atoms with van der Waals surface area (Å²) < 4.78 is 29.2. The molecule has 31 heavy (non-hydrogen) atoms. The van der Waals surface area contributed by atoms with E-state index in [-0.39, 0.29) is 35.0 Å². The van der Waals surface area contributed by atoms with Gasteiger partial charge >= 0.3 is 0 Å². The maximum atomic E-state index is 11.5. The molecule has 9 heteroatoms. The topological polar surface area (TPSA) is 106 Å². The number of ether oxygens (including phenoxy) is 1. The Labute approximate surface area is 201 Å². The van der Waals surface area contributed by atoms with E-state index in [4.69, 9.17) is 9.88 Å². The number of primary sulfonamides is 1. The molecule has 0 saturated carbocycles. The quantitative estimate of drug-likeness (QED) is 0.287. The van der Waals surface area contributed by atoms with Crippen LogP contribution < -0.4 is 15.8 Å². The Morgan fingerprint density at radius 3 is 2.61 bits per heavy atom. The minimum absolute atomic E-state index is 0. The first-order chi connectivity index (χ1) is 14.4. The molecule has 2 atom stereocenters. The summed E-state index contributed by atoms with van der Waals surface area (Å²) in [5.74, 6) is 0.995. The zero-order chi connectivity index (χ0) is 21.6. The fourth-order valence-corrected chi connectivity index (χ4v) is 4.23. The van der Waals surface area contributed by atoms with E-state index >= 15 is 0 Å². The third kappa shape index (κ3) is 7.44. The van der Waals surface area contributed by atoms with Crippen molar-refractivity contribution in [2.45, 2.75) is 37.3 Å². The van der Waals surface area contributed by atoms with E-state index in [9.17, 15) is 8.42 Å². The van der Waals surface area contributed by atoms with Crippen molar-refractivity contribution >= 4 is 40.0 Å². The van der Waals surface area contributed by atoms with E-state index in [0.29, 0.717) is 18.4 Å². The summed E-state index contributed by atoms with van der Waals surface area (Å²) in [7, 11) is -2.00. The van der Waals surface area contributed by atoms with Gasteiger partial charge in [-0.15, -0.1) is 24.0 Å². The number of halogens is 1. The summed E-state index contributed by atoms with van der Waals surface area (Å²) in [4.78, 5) is 4.38. The molecule has 2 aromatic rings. The molecular weight excluding hydrogens is 527 g/mol. The molecule has 1 saturated heterocycles. The van der Waals surface area contributed by atoms with Gasteiger partial charge in [-0.1, -0.05) is 42.0 Å². The van der Waals surface area contributed by atoms with Crippen LogP contribution in [-0.2, 0) is 21.3 Å². The Balaban J connectivity index is 0.00000341. The molecule has 0 spiro atoms. The van der Waals surface area contributed by atoms with E-state index < -0.39 is 10.0 Å². The summed E-state index contributed by atoms with van der Waals surface area (Å²) in [5, 5.41) is 11.8. The molecule has 7 nitrogen and oxygen atoms in total. The molecule has 1 aliphatic rings. The molecule has 1 aliphatic heterocycles. The highest BCUT2D eigenvalue weighted by Crippen LogP contribution is 2.33. The van der Waals surface area contributed by atoms with Crippen LogP contribution in [0.25, 0.3) is 0 Å². The lowest BCUT2D eigenvalue weighted by molar-refractivity contribution is -0.0265. The Bertz CT molecular complexity index is 981. The highest BCUT2D eigenvalue weighted by atomic mass is 127. The van der Waals surface area contributed by atoms with Gasteiger partial charge < -0.3 is 15.4 Å². The van der Waals surface area contributed by atoms with Crippen LogP contribution in [0.1, 0.15) is 35.6 Å². The maximum Gasteiger partial charge on any atom is 0.238 e. The van der Waals surface area contributed by atoms with Gasteiger partial charge in [-0.3, -0.25) is 4.99 Å².